The molecular weight excluding hydrogens is 356 g/mol. The highest BCUT2D eigenvalue weighted by atomic mass is 35.5. The van der Waals surface area contributed by atoms with Crippen LogP contribution in [0.25, 0.3) is 0 Å². The predicted molar refractivity (Wildman–Crippen MR) is 106 cm³/mol. The van der Waals surface area contributed by atoms with Gasteiger partial charge in [0, 0.05) is 23.8 Å². The maximum absolute atomic E-state index is 6.19. The predicted octanol–water partition coefficient (Wildman–Crippen LogP) is 4.64. The van der Waals surface area contributed by atoms with E-state index in [1.807, 2.05) is 43.3 Å². The maximum Gasteiger partial charge on any atom is 0.173 e. The van der Waals surface area contributed by atoms with Crippen LogP contribution in [-0.4, -0.2) is 29.8 Å². The van der Waals surface area contributed by atoms with Crippen molar-refractivity contribution < 1.29 is 9.47 Å². The van der Waals surface area contributed by atoms with Crippen LogP contribution < -0.4 is 14.8 Å². The van der Waals surface area contributed by atoms with Crippen molar-refractivity contribution >= 4 is 34.6 Å². The van der Waals surface area contributed by atoms with Gasteiger partial charge in [-0.05, 0) is 61.5 Å². The minimum atomic E-state index is 0.585. The largest absolute Gasteiger partial charge is 0.486 e. The fourth-order valence-electron chi connectivity index (χ4n) is 2.67. The van der Waals surface area contributed by atoms with Gasteiger partial charge < -0.3 is 19.7 Å². The zero-order valence-corrected chi connectivity index (χ0v) is 15.9. The van der Waals surface area contributed by atoms with Crippen molar-refractivity contribution in [2.45, 2.75) is 20.4 Å². The van der Waals surface area contributed by atoms with Crippen molar-refractivity contribution in [2.24, 2.45) is 0 Å². The number of hydrogen-bond acceptors (Lipinski definition) is 3. The minimum absolute atomic E-state index is 0.585. The third-order valence-electron chi connectivity index (χ3n) is 4.16. The summed E-state index contributed by atoms with van der Waals surface area (Å²) in [5, 5.41) is 4.70. The Morgan fingerprint density at radius 1 is 1.20 bits per heavy atom. The standard InChI is InChI=1S/C19H21ClN2O2S/c1-3-22(19(25)21-16-6-4-5-15(20)13(16)2)12-14-7-8-17-18(11-14)24-10-9-23-17/h4-8,11H,3,9-10,12H2,1-2H3,(H,21,25). The van der Waals surface area contributed by atoms with Crippen LogP contribution in [0, 0.1) is 6.92 Å². The second-order valence-corrected chi connectivity index (χ2v) is 6.63. The number of hydrogen-bond donors (Lipinski definition) is 1. The first-order chi connectivity index (χ1) is 12.1. The molecule has 1 aliphatic heterocycles. The van der Waals surface area contributed by atoms with Crippen molar-refractivity contribution in [1.82, 2.24) is 4.90 Å². The molecule has 2 aromatic rings. The second kappa shape index (κ2) is 7.93. The van der Waals surface area contributed by atoms with Gasteiger partial charge in [0.1, 0.15) is 13.2 Å². The average molecular weight is 377 g/mol. The van der Waals surface area contributed by atoms with Gasteiger partial charge in [0.2, 0.25) is 0 Å². The van der Waals surface area contributed by atoms with E-state index in [1.54, 1.807) is 0 Å². The Balaban J connectivity index is 1.71. The number of halogens is 1. The third-order valence-corrected chi connectivity index (χ3v) is 4.93. The number of anilines is 1. The molecule has 1 heterocycles. The summed E-state index contributed by atoms with van der Waals surface area (Å²) in [4.78, 5) is 2.10. The Bertz CT molecular complexity index is 782. The smallest absolute Gasteiger partial charge is 0.173 e. The van der Waals surface area contributed by atoms with Crippen molar-refractivity contribution in [3.05, 3.63) is 52.5 Å². The summed E-state index contributed by atoms with van der Waals surface area (Å²) in [5.74, 6) is 1.60. The first-order valence-electron chi connectivity index (χ1n) is 8.28. The molecule has 1 N–H and O–H groups in total. The van der Waals surface area contributed by atoms with Crippen molar-refractivity contribution in [2.75, 3.05) is 25.1 Å². The monoisotopic (exact) mass is 376 g/mol. The summed E-state index contributed by atoms with van der Waals surface area (Å²) in [6.07, 6.45) is 0. The van der Waals surface area contributed by atoms with Crippen LogP contribution in [0.2, 0.25) is 5.02 Å². The number of thiocarbonyl (C=S) groups is 1. The van der Waals surface area contributed by atoms with Gasteiger partial charge in [0.15, 0.2) is 16.6 Å². The van der Waals surface area contributed by atoms with Crippen molar-refractivity contribution in [3.63, 3.8) is 0 Å². The fourth-order valence-corrected chi connectivity index (χ4v) is 3.15. The highest BCUT2D eigenvalue weighted by Crippen LogP contribution is 2.31. The van der Waals surface area contributed by atoms with Gasteiger partial charge >= 0.3 is 0 Å². The molecule has 0 aliphatic carbocycles. The van der Waals surface area contributed by atoms with E-state index in [-0.39, 0.29) is 0 Å². The second-order valence-electron chi connectivity index (χ2n) is 5.83. The summed E-state index contributed by atoms with van der Waals surface area (Å²) in [7, 11) is 0. The molecule has 0 saturated carbocycles. The van der Waals surface area contributed by atoms with E-state index >= 15 is 0 Å². The van der Waals surface area contributed by atoms with Crippen LogP contribution in [0.1, 0.15) is 18.1 Å². The van der Waals surface area contributed by atoms with Gasteiger partial charge in [-0.15, -0.1) is 0 Å². The first-order valence-corrected chi connectivity index (χ1v) is 9.06. The molecule has 25 heavy (non-hydrogen) atoms. The van der Waals surface area contributed by atoms with Gasteiger partial charge in [-0.2, -0.15) is 0 Å². The molecule has 0 spiro atoms. The summed E-state index contributed by atoms with van der Waals surface area (Å²) in [6.45, 7) is 6.72. The number of benzene rings is 2. The number of nitrogens with zero attached hydrogens (tertiary/aromatic N) is 1. The number of fused-ring (bicyclic) bond motifs is 1. The first kappa shape index (κ1) is 17.8. The van der Waals surface area contributed by atoms with E-state index in [0.717, 1.165) is 39.9 Å². The van der Waals surface area contributed by atoms with Gasteiger partial charge in [-0.25, -0.2) is 0 Å². The van der Waals surface area contributed by atoms with E-state index in [2.05, 4.69) is 17.1 Å². The normalized spacial score (nSPS) is 12.6. The summed E-state index contributed by atoms with van der Waals surface area (Å²) >= 11 is 11.8. The van der Waals surface area contributed by atoms with E-state index in [9.17, 15) is 0 Å². The van der Waals surface area contributed by atoms with Crippen LogP contribution in [0.4, 0.5) is 5.69 Å². The van der Waals surface area contributed by atoms with Crippen molar-refractivity contribution in [1.29, 1.82) is 0 Å². The molecule has 0 unspecified atom stereocenters. The van der Waals surface area contributed by atoms with Crippen LogP contribution in [0.5, 0.6) is 11.5 Å². The topological polar surface area (TPSA) is 33.7 Å². The SMILES string of the molecule is CCN(Cc1ccc2c(c1)OCCO2)C(=S)Nc1cccc(Cl)c1C. The summed E-state index contributed by atoms with van der Waals surface area (Å²) in [6, 6.07) is 11.8. The number of nitrogens with one attached hydrogen (secondary N) is 1. The zero-order chi connectivity index (χ0) is 17.8. The molecule has 2 aromatic carbocycles. The molecule has 132 valence electrons. The quantitative estimate of drug-likeness (QED) is 0.786. The lowest BCUT2D eigenvalue weighted by atomic mass is 10.2. The summed E-state index contributed by atoms with van der Waals surface area (Å²) < 4.78 is 11.2. The lowest BCUT2D eigenvalue weighted by Gasteiger charge is -2.26. The Morgan fingerprint density at radius 3 is 2.72 bits per heavy atom. The highest BCUT2D eigenvalue weighted by Gasteiger charge is 2.15. The molecule has 1 aliphatic rings. The van der Waals surface area contributed by atoms with E-state index in [4.69, 9.17) is 33.3 Å². The average Bonchev–Trinajstić information content (AvgIpc) is 2.63. The Kier molecular flexibility index (Phi) is 5.66. The van der Waals surface area contributed by atoms with Gasteiger partial charge in [0.25, 0.3) is 0 Å². The van der Waals surface area contributed by atoms with Crippen molar-refractivity contribution in [3.8, 4) is 11.5 Å². The Morgan fingerprint density at radius 2 is 1.96 bits per heavy atom. The van der Waals surface area contributed by atoms with Gasteiger partial charge in [-0.3, -0.25) is 0 Å². The molecule has 4 nitrogen and oxygen atoms in total. The van der Waals surface area contributed by atoms with Crippen LogP contribution in [-0.2, 0) is 6.54 Å². The molecule has 0 atom stereocenters. The Labute approximate surface area is 158 Å². The van der Waals surface area contributed by atoms with Gasteiger partial charge in [-0.1, -0.05) is 23.7 Å². The van der Waals surface area contributed by atoms with Crippen LogP contribution in [0.15, 0.2) is 36.4 Å². The molecule has 0 amide bonds. The number of ether oxygens (including phenoxy) is 2. The highest BCUT2D eigenvalue weighted by molar-refractivity contribution is 7.80. The minimum Gasteiger partial charge on any atom is -0.486 e. The molecular formula is C19H21ClN2O2S. The molecule has 0 aromatic heterocycles. The molecule has 0 saturated heterocycles. The molecule has 6 heteroatoms. The van der Waals surface area contributed by atoms with E-state index in [0.29, 0.717) is 24.9 Å². The molecule has 0 radical (unpaired) electrons. The maximum atomic E-state index is 6.19. The van der Waals surface area contributed by atoms with E-state index < -0.39 is 0 Å². The zero-order valence-electron chi connectivity index (χ0n) is 14.3. The lowest BCUT2D eigenvalue weighted by Crippen LogP contribution is -2.34. The lowest BCUT2D eigenvalue weighted by molar-refractivity contribution is 0.171. The number of rotatable bonds is 4. The van der Waals surface area contributed by atoms with Gasteiger partial charge in [0.05, 0.1) is 0 Å². The fraction of sp³-hybridized carbons (Fsp3) is 0.316. The Hall–Kier alpha value is -1.98. The third kappa shape index (κ3) is 4.17. The molecule has 0 bridgehead atoms. The van der Waals surface area contributed by atoms with Crippen LogP contribution in [0.3, 0.4) is 0 Å². The molecule has 3 rings (SSSR count). The summed E-state index contributed by atoms with van der Waals surface area (Å²) in [5.41, 5.74) is 3.04. The molecule has 0 fully saturated rings. The van der Waals surface area contributed by atoms with Crippen LogP contribution >= 0.6 is 23.8 Å². The van der Waals surface area contributed by atoms with E-state index in [1.165, 1.54) is 0 Å².